The molecule has 5 heteroatoms. The van der Waals surface area contributed by atoms with Crippen LogP contribution >= 0.6 is 0 Å². The molecule has 0 bridgehead atoms. The first kappa shape index (κ1) is 18.7. The molecule has 4 atom stereocenters. The number of ketones is 1. The van der Waals surface area contributed by atoms with Crippen LogP contribution in [-0.4, -0.2) is 31.4 Å². The van der Waals surface area contributed by atoms with Gasteiger partial charge in [-0.1, -0.05) is 19.4 Å². The van der Waals surface area contributed by atoms with E-state index in [2.05, 4.69) is 13.8 Å². The van der Waals surface area contributed by atoms with Crippen LogP contribution in [-0.2, 0) is 23.9 Å². The summed E-state index contributed by atoms with van der Waals surface area (Å²) in [5.41, 5.74) is -0.0415. The molecule has 0 aromatic rings. The maximum absolute atomic E-state index is 12.4. The van der Waals surface area contributed by atoms with E-state index in [0.717, 1.165) is 18.4 Å². The second kappa shape index (κ2) is 6.69. The molecule has 0 saturated heterocycles. The van der Waals surface area contributed by atoms with E-state index in [1.54, 1.807) is 6.08 Å². The third kappa shape index (κ3) is 3.13. The van der Waals surface area contributed by atoms with Crippen LogP contribution in [0.15, 0.2) is 11.6 Å². The van der Waals surface area contributed by atoms with Crippen molar-refractivity contribution in [1.82, 2.24) is 0 Å². The number of allylic oxidation sites excluding steroid dienone is 2. The summed E-state index contributed by atoms with van der Waals surface area (Å²) >= 11 is 0. The van der Waals surface area contributed by atoms with Gasteiger partial charge in [-0.15, -0.1) is 0 Å². The third-order valence-corrected chi connectivity index (χ3v) is 6.22. The van der Waals surface area contributed by atoms with Gasteiger partial charge in [-0.25, -0.2) is 0 Å². The summed E-state index contributed by atoms with van der Waals surface area (Å²) in [5, 5.41) is 0. The molecule has 1 fully saturated rings. The Labute approximate surface area is 143 Å². The van der Waals surface area contributed by atoms with Crippen molar-refractivity contribution in [2.24, 2.45) is 22.7 Å². The van der Waals surface area contributed by atoms with Gasteiger partial charge in [-0.05, 0) is 49.5 Å². The van der Waals surface area contributed by atoms with E-state index in [1.165, 1.54) is 14.0 Å². The lowest BCUT2D eigenvalue weighted by molar-refractivity contribution is -0.158. The van der Waals surface area contributed by atoms with Crippen LogP contribution in [0.3, 0.4) is 0 Å². The lowest BCUT2D eigenvalue weighted by atomic mass is 9.51. The summed E-state index contributed by atoms with van der Waals surface area (Å²) < 4.78 is 10.2. The van der Waals surface area contributed by atoms with E-state index in [9.17, 15) is 14.4 Å². The number of fused-ring (bicyclic) bond motifs is 1. The summed E-state index contributed by atoms with van der Waals surface area (Å²) in [7, 11) is 1.38. The molecule has 24 heavy (non-hydrogen) atoms. The van der Waals surface area contributed by atoms with E-state index in [-0.39, 0.29) is 35.5 Å². The molecule has 0 aromatic carbocycles. The minimum absolute atomic E-state index is 0.00109. The van der Waals surface area contributed by atoms with Gasteiger partial charge in [0.2, 0.25) is 0 Å². The zero-order valence-electron chi connectivity index (χ0n) is 15.3. The zero-order chi connectivity index (χ0) is 18.1. The standard InChI is InChI=1S/C19H28O5/c1-12-6-7-15-16(18(12,3)8-9-24-13(2)20)10-14(21)11-19(15,4)17(22)23-5/h10,12,15H,6-9,11H2,1-5H3/t12-,15+,18+,19+/m1/s1. The first-order chi connectivity index (χ1) is 11.1. The Morgan fingerprint density at radius 2 is 1.96 bits per heavy atom. The molecule has 5 nitrogen and oxygen atoms in total. The number of ether oxygens (including phenoxy) is 2. The first-order valence-corrected chi connectivity index (χ1v) is 8.62. The van der Waals surface area contributed by atoms with Gasteiger partial charge < -0.3 is 9.47 Å². The van der Waals surface area contributed by atoms with Crippen LogP contribution in [0.25, 0.3) is 0 Å². The van der Waals surface area contributed by atoms with Gasteiger partial charge in [0, 0.05) is 13.3 Å². The predicted octanol–water partition coefficient (Wildman–Crippen LogP) is 3.07. The molecule has 2 rings (SSSR count). The first-order valence-electron chi connectivity index (χ1n) is 8.62. The Morgan fingerprint density at radius 1 is 1.29 bits per heavy atom. The minimum Gasteiger partial charge on any atom is -0.469 e. The maximum atomic E-state index is 12.4. The van der Waals surface area contributed by atoms with E-state index in [0.29, 0.717) is 18.9 Å². The summed E-state index contributed by atoms with van der Waals surface area (Å²) in [6.45, 7) is 7.85. The highest BCUT2D eigenvalue weighted by Gasteiger charge is 2.54. The Balaban J connectivity index is 2.38. The van der Waals surface area contributed by atoms with Gasteiger partial charge in [0.1, 0.15) is 0 Å². The van der Waals surface area contributed by atoms with Gasteiger partial charge >= 0.3 is 11.9 Å². The SMILES string of the molecule is COC(=O)[C@@]1(C)CC(=O)C=C2[C@@H]1CC[C@@H](C)[C@]2(C)CCOC(C)=O. The number of methoxy groups -OCH3 is 1. The van der Waals surface area contributed by atoms with Crippen LogP contribution in [0.5, 0.6) is 0 Å². The minimum atomic E-state index is -0.807. The fourth-order valence-corrected chi connectivity index (χ4v) is 4.46. The maximum Gasteiger partial charge on any atom is 0.312 e. The normalized spacial score (nSPS) is 35.7. The van der Waals surface area contributed by atoms with Crippen LogP contribution < -0.4 is 0 Å². The Morgan fingerprint density at radius 3 is 2.54 bits per heavy atom. The second-order valence-electron chi connectivity index (χ2n) is 7.69. The van der Waals surface area contributed by atoms with Crippen LogP contribution in [0, 0.1) is 22.7 Å². The van der Waals surface area contributed by atoms with Crippen molar-refractivity contribution in [2.45, 2.75) is 53.4 Å². The quantitative estimate of drug-likeness (QED) is 0.738. The fourth-order valence-electron chi connectivity index (χ4n) is 4.46. The lowest BCUT2D eigenvalue weighted by Crippen LogP contribution is -2.49. The molecule has 2 aliphatic carbocycles. The van der Waals surface area contributed by atoms with Crippen LogP contribution in [0.2, 0.25) is 0 Å². The molecule has 0 N–H and O–H groups in total. The molecule has 0 spiro atoms. The molecule has 2 aliphatic rings. The highest BCUT2D eigenvalue weighted by molar-refractivity contribution is 5.97. The molecule has 0 amide bonds. The monoisotopic (exact) mass is 336 g/mol. The van der Waals surface area contributed by atoms with Crippen molar-refractivity contribution in [1.29, 1.82) is 0 Å². The van der Waals surface area contributed by atoms with Crippen LogP contribution in [0.1, 0.15) is 53.4 Å². The fraction of sp³-hybridized carbons (Fsp3) is 0.737. The smallest absolute Gasteiger partial charge is 0.312 e. The lowest BCUT2D eigenvalue weighted by Gasteiger charge is -2.52. The molecular formula is C19H28O5. The number of carbonyl (C=O) groups is 3. The summed E-state index contributed by atoms with van der Waals surface area (Å²) in [5.74, 6) is -0.290. The molecule has 1 saturated carbocycles. The van der Waals surface area contributed by atoms with Crippen LogP contribution in [0.4, 0.5) is 0 Å². The highest BCUT2D eigenvalue weighted by atomic mass is 16.5. The van der Waals surface area contributed by atoms with Gasteiger partial charge in [-0.3, -0.25) is 14.4 Å². The average Bonchev–Trinajstić information content (AvgIpc) is 2.50. The summed E-state index contributed by atoms with van der Waals surface area (Å²) in [6.07, 6.45) is 4.43. The van der Waals surface area contributed by atoms with E-state index >= 15 is 0 Å². The number of carbonyl (C=O) groups excluding carboxylic acids is 3. The third-order valence-electron chi connectivity index (χ3n) is 6.22. The molecule has 0 radical (unpaired) electrons. The van der Waals surface area contributed by atoms with E-state index in [4.69, 9.17) is 9.47 Å². The Kier molecular flexibility index (Phi) is 5.21. The number of esters is 2. The zero-order valence-corrected chi connectivity index (χ0v) is 15.3. The molecule has 0 aromatic heterocycles. The molecule has 0 unspecified atom stereocenters. The number of hydrogen-bond donors (Lipinski definition) is 0. The highest BCUT2D eigenvalue weighted by Crippen LogP contribution is 2.57. The number of hydrogen-bond acceptors (Lipinski definition) is 5. The molecule has 134 valence electrons. The van der Waals surface area contributed by atoms with Crippen molar-refractivity contribution in [3.05, 3.63) is 11.6 Å². The Bertz CT molecular complexity index is 578. The Hall–Kier alpha value is -1.65. The van der Waals surface area contributed by atoms with Gasteiger partial charge in [0.15, 0.2) is 5.78 Å². The average molecular weight is 336 g/mol. The molecular weight excluding hydrogens is 308 g/mol. The molecule has 0 heterocycles. The van der Waals surface area contributed by atoms with E-state index < -0.39 is 5.41 Å². The topological polar surface area (TPSA) is 69.7 Å². The predicted molar refractivity (Wildman–Crippen MR) is 89.1 cm³/mol. The summed E-state index contributed by atoms with van der Waals surface area (Å²) in [4.78, 5) is 35.9. The van der Waals surface area contributed by atoms with Gasteiger partial charge in [0.05, 0.1) is 19.1 Å². The van der Waals surface area contributed by atoms with Crippen molar-refractivity contribution >= 4 is 17.7 Å². The van der Waals surface area contributed by atoms with Gasteiger partial charge in [0.25, 0.3) is 0 Å². The van der Waals surface area contributed by atoms with Crippen molar-refractivity contribution < 1.29 is 23.9 Å². The second-order valence-corrected chi connectivity index (χ2v) is 7.69. The summed E-state index contributed by atoms with van der Waals surface area (Å²) in [6, 6.07) is 0. The molecule has 0 aliphatic heterocycles. The van der Waals surface area contributed by atoms with E-state index in [1.807, 2.05) is 6.92 Å². The number of rotatable bonds is 4. The van der Waals surface area contributed by atoms with Crippen molar-refractivity contribution in [3.63, 3.8) is 0 Å². The van der Waals surface area contributed by atoms with Crippen molar-refractivity contribution in [3.8, 4) is 0 Å². The van der Waals surface area contributed by atoms with Gasteiger partial charge in [-0.2, -0.15) is 0 Å². The largest absolute Gasteiger partial charge is 0.469 e. The van der Waals surface area contributed by atoms with Crippen molar-refractivity contribution in [2.75, 3.05) is 13.7 Å².